The number of benzene rings is 2. The van der Waals surface area contributed by atoms with Crippen LogP contribution < -0.4 is 25.5 Å². The Morgan fingerprint density at radius 3 is 1.83 bits per heavy atom. The molecule has 0 atom stereocenters. The van der Waals surface area contributed by atoms with Gasteiger partial charge < -0.3 is 24.4 Å². The molecule has 2 N–H and O–H groups in total. The van der Waals surface area contributed by atoms with E-state index in [1.54, 1.807) is 0 Å². The maximum absolute atomic E-state index is 12.1. The van der Waals surface area contributed by atoms with Gasteiger partial charge in [-0.15, -0.1) is 0 Å². The van der Waals surface area contributed by atoms with E-state index in [2.05, 4.69) is 67.1 Å². The highest BCUT2D eigenvalue weighted by atomic mass is 16.7. The summed E-state index contributed by atoms with van der Waals surface area (Å²) in [4.78, 5) is 18.2. The van der Waals surface area contributed by atoms with Gasteiger partial charge in [0.15, 0.2) is 0 Å². The molecule has 9 heteroatoms. The van der Waals surface area contributed by atoms with E-state index in [4.69, 9.17) is 14.7 Å². The van der Waals surface area contributed by atoms with Crippen LogP contribution in [-0.2, 0) is 9.31 Å². The van der Waals surface area contributed by atoms with Gasteiger partial charge >= 0.3 is 13.1 Å². The third-order valence-electron chi connectivity index (χ3n) is 7.23. The van der Waals surface area contributed by atoms with Gasteiger partial charge in [-0.1, -0.05) is 12.1 Å². The van der Waals surface area contributed by atoms with Crippen molar-refractivity contribution in [1.82, 2.24) is 5.32 Å². The van der Waals surface area contributed by atoms with Gasteiger partial charge in [0.2, 0.25) is 0 Å². The normalized spacial score (nSPS) is 18.9. The largest absolute Gasteiger partial charge is 0.494 e. The molecule has 2 aromatic rings. The summed E-state index contributed by atoms with van der Waals surface area (Å²) in [5, 5.41) is 10.3. The number of carbonyl (C=O) groups excluding carboxylic acids is 1. The second-order valence-corrected chi connectivity index (χ2v) is 10.0. The molecular formula is C26H36BN5O3. The molecule has 186 valence electrons. The highest BCUT2D eigenvalue weighted by molar-refractivity contribution is 6.62. The first-order valence-electron chi connectivity index (χ1n) is 12.3. The zero-order chi connectivity index (χ0) is 25.2. The van der Waals surface area contributed by atoms with Gasteiger partial charge in [-0.05, 0) is 76.5 Å². The predicted molar refractivity (Wildman–Crippen MR) is 143 cm³/mol. The lowest BCUT2D eigenvalue weighted by atomic mass is 9.79. The maximum atomic E-state index is 12.1. The zero-order valence-corrected chi connectivity index (χ0v) is 21.4. The van der Waals surface area contributed by atoms with Gasteiger partial charge in [0.25, 0.3) is 0 Å². The number of rotatable bonds is 6. The molecule has 4 rings (SSSR count). The van der Waals surface area contributed by atoms with Crippen LogP contribution in [0.5, 0.6) is 0 Å². The number of nitrogens with one attached hydrogen (secondary N) is 2. The topological polar surface area (TPSA) is 81.1 Å². The molecule has 2 fully saturated rings. The first-order valence-corrected chi connectivity index (χ1v) is 12.3. The Kier molecular flexibility index (Phi) is 7.10. The molecule has 8 nitrogen and oxygen atoms in total. The predicted octanol–water partition coefficient (Wildman–Crippen LogP) is 3.46. The van der Waals surface area contributed by atoms with Crippen molar-refractivity contribution in [3.63, 3.8) is 0 Å². The third-order valence-corrected chi connectivity index (χ3v) is 7.23. The number of carbonyl (C=O) groups is 1. The van der Waals surface area contributed by atoms with Crippen molar-refractivity contribution in [3.05, 3.63) is 48.5 Å². The first kappa shape index (κ1) is 25.1. The van der Waals surface area contributed by atoms with Crippen molar-refractivity contribution in [2.75, 3.05) is 47.4 Å². The van der Waals surface area contributed by atoms with E-state index in [0.29, 0.717) is 12.2 Å². The van der Waals surface area contributed by atoms with Crippen molar-refractivity contribution in [1.29, 1.82) is 5.41 Å². The zero-order valence-electron chi connectivity index (χ0n) is 21.4. The first-order chi connectivity index (χ1) is 16.6. The summed E-state index contributed by atoms with van der Waals surface area (Å²) in [6.45, 7) is 14.3. The van der Waals surface area contributed by atoms with Gasteiger partial charge in [-0.2, -0.15) is 0 Å². The van der Waals surface area contributed by atoms with Gasteiger partial charge in [0.05, 0.1) is 23.2 Å². The number of hydrogen-bond acceptors (Lipinski definition) is 6. The van der Waals surface area contributed by atoms with Crippen molar-refractivity contribution >= 4 is 42.0 Å². The second kappa shape index (κ2) is 9.91. The van der Waals surface area contributed by atoms with Crippen molar-refractivity contribution in [2.24, 2.45) is 0 Å². The number of amides is 2. The number of anilines is 3. The molecule has 2 saturated heterocycles. The molecule has 0 aromatic heterocycles. The minimum atomic E-state index is -0.343. The summed E-state index contributed by atoms with van der Waals surface area (Å²) in [6.07, 6.45) is 1.04. The highest BCUT2D eigenvalue weighted by Gasteiger charge is 2.51. The highest BCUT2D eigenvalue weighted by Crippen LogP contribution is 2.36. The Hall–Kier alpha value is -3.04. The molecule has 2 aliphatic heterocycles. The molecule has 0 aliphatic carbocycles. The number of hydrogen-bond donors (Lipinski definition) is 2. The Bertz CT molecular complexity index is 1020. The van der Waals surface area contributed by atoms with Crippen molar-refractivity contribution in [3.8, 4) is 0 Å². The van der Waals surface area contributed by atoms with Crippen molar-refractivity contribution in [2.45, 2.75) is 45.8 Å². The van der Waals surface area contributed by atoms with Crippen LogP contribution in [0.1, 0.15) is 34.6 Å². The molecule has 2 heterocycles. The van der Waals surface area contributed by atoms with E-state index in [1.807, 2.05) is 31.2 Å². The molecule has 2 aliphatic rings. The SMILES string of the molecule is CCNC(=O)N(C=N)c1ccc(N2CCN(c3ccc(B4OC(C)(C)C(C)(C)O4)cc3)CC2)cc1. The molecular weight excluding hydrogens is 441 g/mol. The van der Waals surface area contributed by atoms with E-state index in [-0.39, 0.29) is 24.4 Å². The van der Waals surface area contributed by atoms with Crippen LogP contribution in [-0.4, -0.2) is 63.4 Å². The van der Waals surface area contributed by atoms with Crippen LogP contribution in [0.4, 0.5) is 21.9 Å². The van der Waals surface area contributed by atoms with E-state index in [1.165, 1.54) is 10.6 Å². The van der Waals surface area contributed by atoms with E-state index in [0.717, 1.165) is 43.7 Å². The average Bonchev–Trinajstić information content (AvgIpc) is 3.07. The molecule has 0 unspecified atom stereocenters. The molecule has 0 saturated carbocycles. The summed E-state index contributed by atoms with van der Waals surface area (Å²) < 4.78 is 12.3. The number of piperazine rings is 1. The van der Waals surface area contributed by atoms with Crippen LogP contribution in [0.3, 0.4) is 0 Å². The fourth-order valence-electron chi connectivity index (χ4n) is 4.36. The quantitative estimate of drug-likeness (QED) is 0.379. The summed E-state index contributed by atoms with van der Waals surface area (Å²) in [5.74, 6) is 0. The Morgan fingerprint density at radius 1 is 0.943 bits per heavy atom. The van der Waals surface area contributed by atoms with Crippen LogP contribution >= 0.6 is 0 Å². The standard InChI is InChI=1S/C26H36BN5O3/c1-6-29-24(33)32(19-28)23-13-11-22(12-14-23)31-17-15-30(16-18-31)21-9-7-20(8-10-21)27-34-25(2,3)26(4,5)35-27/h7-14,19,28H,6,15-18H2,1-5H3,(H,29,33). The fraction of sp³-hybridized carbons (Fsp3) is 0.462. The lowest BCUT2D eigenvalue weighted by Crippen LogP contribution is -2.46. The summed E-state index contributed by atoms with van der Waals surface area (Å²) in [7, 11) is -0.342. The molecule has 35 heavy (non-hydrogen) atoms. The molecule has 0 radical (unpaired) electrons. The second-order valence-electron chi connectivity index (χ2n) is 10.0. The van der Waals surface area contributed by atoms with Crippen LogP contribution in [0.25, 0.3) is 0 Å². The lowest BCUT2D eigenvalue weighted by Gasteiger charge is -2.37. The van der Waals surface area contributed by atoms with E-state index >= 15 is 0 Å². The van der Waals surface area contributed by atoms with Crippen LogP contribution in [0.15, 0.2) is 48.5 Å². The minimum Gasteiger partial charge on any atom is -0.399 e. The van der Waals surface area contributed by atoms with Crippen LogP contribution in [0, 0.1) is 5.41 Å². The minimum absolute atomic E-state index is 0.298. The third kappa shape index (κ3) is 5.16. The van der Waals surface area contributed by atoms with E-state index in [9.17, 15) is 4.79 Å². The Balaban J connectivity index is 1.34. The van der Waals surface area contributed by atoms with E-state index < -0.39 is 0 Å². The maximum Gasteiger partial charge on any atom is 0.494 e. The lowest BCUT2D eigenvalue weighted by molar-refractivity contribution is 0.00578. The number of nitrogens with zero attached hydrogens (tertiary/aromatic N) is 3. The summed E-state index contributed by atoms with van der Waals surface area (Å²) in [5.41, 5.74) is 3.34. The van der Waals surface area contributed by atoms with Gasteiger partial charge in [0, 0.05) is 44.1 Å². The fourth-order valence-corrected chi connectivity index (χ4v) is 4.36. The average molecular weight is 477 g/mol. The van der Waals surface area contributed by atoms with Crippen molar-refractivity contribution < 1.29 is 14.1 Å². The Morgan fingerprint density at radius 2 is 1.40 bits per heavy atom. The van der Waals surface area contributed by atoms with Crippen LogP contribution in [0.2, 0.25) is 0 Å². The summed E-state index contributed by atoms with van der Waals surface area (Å²) in [6, 6.07) is 16.0. The van der Waals surface area contributed by atoms with Gasteiger partial charge in [-0.3, -0.25) is 10.3 Å². The molecule has 2 amide bonds. The smallest absolute Gasteiger partial charge is 0.399 e. The molecule has 0 spiro atoms. The molecule has 0 bridgehead atoms. The van der Waals surface area contributed by atoms with Gasteiger partial charge in [-0.25, -0.2) is 4.79 Å². The molecule has 2 aromatic carbocycles. The number of urea groups is 1. The van der Waals surface area contributed by atoms with Gasteiger partial charge in [0.1, 0.15) is 0 Å². The Labute approximate surface area is 208 Å². The monoisotopic (exact) mass is 477 g/mol. The summed E-state index contributed by atoms with van der Waals surface area (Å²) >= 11 is 0.